The lowest BCUT2D eigenvalue weighted by atomic mass is 9.54. The molecule has 4 rings (SSSR count). The Kier molecular flexibility index (Phi) is 3.03. The molecule has 2 aliphatic carbocycles. The van der Waals surface area contributed by atoms with Crippen LogP contribution in [0.4, 0.5) is 4.39 Å². The minimum atomic E-state index is -0.240. The Morgan fingerprint density at radius 2 is 2.00 bits per heavy atom. The summed E-state index contributed by atoms with van der Waals surface area (Å²) in [5.41, 5.74) is 2.45. The first kappa shape index (κ1) is 13.0. The number of halogens is 1. The molecule has 4 nitrogen and oxygen atoms in total. The first-order chi connectivity index (χ1) is 10.2. The third-order valence-electron chi connectivity index (χ3n) is 4.98. The SMILES string of the molecule is Fc1ccc(-n2cc(CNC3CC4(CCC4)C3)nn2)cc1. The number of benzene rings is 1. The van der Waals surface area contributed by atoms with E-state index in [9.17, 15) is 4.39 Å². The molecule has 0 bridgehead atoms. The van der Waals surface area contributed by atoms with Crippen molar-refractivity contribution in [3.05, 3.63) is 42.0 Å². The number of nitrogens with one attached hydrogen (secondary N) is 1. The van der Waals surface area contributed by atoms with E-state index in [-0.39, 0.29) is 5.82 Å². The summed E-state index contributed by atoms with van der Waals surface area (Å²) in [6, 6.07) is 6.91. The Labute approximate surface area is 123 Å². The summed E-state index contributed by atoms with van der Waals surface area (Å²) in [6.07, 6.45) is 8.80. The van der Waals surface area contributed by atoms with Gasteiger partial charge in [-0.15, -0.1) is 5.10 Å². The second kappa shape index (κ2) is 4.91. The van der Waals surface area contributed by atoms with E-state index in [1.54, 1.807) is 16.8 Å². The second-order valence-electron chi connectivity index (χ2n) is 6.47. The predicted molar refractivity (Wildman–Crippen MR) is 77.5 cm³/mol. The number of hydrogen-bond acceptors (Lipinski definition) is 3. The van der Waals surface area contributed by atoms with Crippen LogP contribution in [0.5, 0.6) is 0 Å². The van der Waals surface area contributed by atoms with E-state index in [1.165, 1.54) is 44.2 Å². The van der Waals surface area contributed by atoms with Crippen molar-refractivity contribution in [1.82, 2.24) is 20.3 Å². The van der Waals surface area contributed by atoms with Gasteiger partial charge in [0.2, 0.25) is 0 Å². The molecule has 110 valence electrons. The van der Waals surface area contributed by atoms with E-state index in [0.717, 1.165) is 17.9 Å². The van der Waals surface area contributed by atoms with Gasteiger partial charge < -0.3 is 5.32 Å². The highest BCUT2D eigenvalue weighted by Crippen LogP contribution is 2.55. The molecule has 1 heterocycles. The number of nitrogens with zero attached hydrogens (tertiary/aromatic N) is 3. The predicted octanol–water partition coefficient (Wildman–Crippen LogP) is 2.83. The molecule has 1 spiro atoms. The van der Waals surface area contributed by atoms with Crippen molar-refractivity contribution in [3.8, 4) is 5.69 Å². The van der Waals surface area contributed by atoms with Crippen LogP contribution in [0.1, 0.15) is 37.8 Å². The van der Waals surface area contributed by atoms with Crippen LogP contribution in [0.25, 0.3) is 5.69 Å². The van der Waals surface area contributed by atoms with Crippen molar-refractivity contribution in [3.63, 3.8) is 0 Å². The summed E-state index contributed by atoms with van der Waals surface area (Å²) in [7, 11) is 0. The van der Waals surface area contributed by atoms with E-state index in [1.807, 2.05) is 6.20 Å². The van der Waals surface area contributed by atoms with Gasteiger partial charge in [0, 0.05) is 12.6 Å². The second-order valence-corrected chi connectivity index (χ2v) is 6.47. The molecule has 2 fully saturated rings. The van der Waals surface area contributed by atoms with Crippen LogP contribution in [0.15, 0.2) is 30.5 Å². The molecule has 21 heavy (non-hydrogen) atoms. The van der Waals surface area contributed by atoms with Crippen molar-refractivity contribution < 1.29 is 4.39 Å². The Balaban J connectivity index is 1.33. The van der Waals surface area contributed by atoms with Gasteiger partial charge in [0.15, 0.2) is 0 Å². The molecule has 1 aromatic carbocycles. The highest BCUT2D eigenvalue weighted by atomic mass is 19.1. The van der Waals surface area contributed by atoms with Crippen molar-refractivity contribution >= 4 is 0 Å². The first-order valence-corrected chi connectivity index (χ1v) is 7.63. The summed E-state index contributed by atoms with van der Waals surface area (Å²) in [6.45, 7) is 0.752. The maximum Gasteiger partial charge on any atom is 0.123 e. The summed E-state index contributed by atoms with van der Waals surface area (Å²) >= 11 is 0. The first-order valence-electron chi connectivity index (χ1n) is 7.63. The lowest BCUT2D eigenvalue weighted by Gasteiger charge is -2.54. The highest BCUT2D eigenvalue weighted by Gasteiger charge is 2.47. The smallest absolute Gasteiger partial charge is 0.123 e. The van der Waals surface area contributed by atoms with Gasteiger partial charge in [0.1, 0.15) is 5.82 Å². The number of rotatable bonds is 4. The van der Waals surface area contributed by atoms with Gasteiger partial charge in [-0.2, -0.15) is 0 Å². The molecule has 2 aliphatic rings. The summed E-state index contributed by atoms with van der Waals surface area (Å²) in [5.74, 6) is -0.240. The van der Waals surface area contributed by atoms with Crippen LogP contribution in [0, 0.1) is 11.2 Å². The standard InChI is InChI=1S/C16H19FN4/c17-12-2-4-15(5-3-12)21-11-14(19-20-21)10-18-13-8-16(9-13)6-1-7-16/h2-5,11,13,18H,1,6-10H2. The molecule has 1 aromatic heterocycles. The quantitative estimate of drug-likeness (QED) is 0.940. The van der Waals surface area contributed by atoms with Crippen LogP contribution >= 0.6 is 0 Å². The summed E-state index contributed by atoms with van der Waals surface area (Å²) < 4.78 is 14.6. The van der Waals surface area contributed by atoms with E-state index < -0.39 is 0 Å². The van der Waals surface area contributed by atoms with Crippen molar-refractivity contribution in [2.75, 3.05) is 0 Å². The number of hydrogen-bond donors (Lipinski definition) is 1. The van der Waals surface area contributed by atoms with Crippen molar-refractivity contribution in [2.24, 2.45) is 5.41 Å². The van der Waals surface area contributed by atoms with E-state index >= 15 is 0 Å². The van der Waals surface area contributed by atoms with Crippen LogP contribution < -0.4 is 5.32 Å². The van der Waals surface area contributed by atoms with Gasteiger partial charge in [-0.05, 0) is 55.4 Å². The highest BCUT2D eigenvalue weighted by molar-refractivity contribution is 5.30. The van der Waals surface area contributed by atoms with Gasteiger partial charge >= 0.3 is 0 Å². The third-order valence-corrected chi connectivity index (χ3v) is 4.98. The Hall–Kier alpha value is -1.75. The maximum absolute atomic E-state index is 12.9. The van der Waals surface area contributed by atoms with Crippen molar-refractivity contribution in [2.45, 2.75) is 44.7 Å². The molecule has 0 atom stereocenters. The monoisotopic (exact) mass is 286 g/mol. The Morgan fingerprint density at radius 3 is 2.67 bits per heavy atom. The lowest BCUT2D eigenvalue weighted by Crippen LogP contribution is -2.51. The van der Waals surface area contributed by atoms with E-state index in [2.05, 4.69) is 15.6 Å². The lowest BCUT2D eigenvalue weighted by molar-refractivity contribution is -0.00274. The van der Waals surface area contributed by atoms with Crippen LogP contribution in [-0.2, 0) is 6.54 Å². The van der Waals surface area contributed by atoms with Gasteiger partial charge in [-0.1, -0.05) is 11.6 Å². The molecule has 2 aromatic rings. The summed E-state index contributed by atoms with van der Waals surface area (Å²) in [4.78, 5) is 0. The fraction of sp³-hybridized carbons (Fsp3) is 0.500. The van der Waals surface area contributed by atoms with Crippen molar-refractivity contribution in [1.29, 1.82) is 0 Å². The van der Waals surface area contributed by atoms with Gasteiger partial charge in [-0.3, -0.25) is 0 Å². The summed E-state index contributed by atoms with van der Waals surface area (Å²) in [5, 5.41) is 11.8. The minimum absolute atomic E-state index is 0.240. The Morgan fingerprint density at radius 1 is 1.24 bits per heavy atom. The molecule has 0 saturated heterocycles. The fourth-order valence-electron chi connectivity index (χ4n) is 3.56. The molecule has 2 saturated carbocycles. The normalized spacial score (nSPS) is 20.2. The topological polar surface area (TPSA) is 42.7 Å². The minimum Gasteiger partial charge on any atom is -0.308 e. The molecular weight excluding hydrogens is 267 g/mol. The van der Waals surface area contributed by atoms with Crippen LogP contribution in [0.3, 0.4) is 0 Å². The van der Waals surface area contributed by atoms with Gasteiger partial charge in [-0.25, -0.2) is 9.07 Å². The van der Waals surface area contributed by atoms with Gasteiger partial charge in [0.05, 0.1) is 17.6 Å². The number of aromatic nitrogens is 3. The third kappa shape index (κ3) is 2.46. The zero-order chi connectivity index (χ0) is 14.3. The zero-order valence-electron chi connectivity index (χ0n) is 11.9. The van der Waals surface area contributed by atoms with E-state index in [4.69, 9.17) is 0 Å². The largest absolute Gasteiger partial charge is 0.308 e. The molecule has 0 radical (unpaired) electrons. The average molecular weight is 286 g/mol. The van der Waals surface area contributed by atoms with Crippen LogP contribution in [-0.4, -0.2) is 21.0 Å². The molecule has 0 amide bonds. The van der Waals surface area contributed by atoms with E-state index in [0.29, 0.717) is 11.5 Å². The maximum atomic E-state index is 12.9. The molecular formula is C16H19FN4. The molecule has 1 N–H and O–H groups in total. The Bertz CT molecular complexity index is 622. The molecule has 5 heteroatoms. The molecule has 0 aliphatic heterocycles. The van der Waals surface area contributed by atoms with Gasteiger partial charge in [0.25, 0.3) is 0 Å². The van der Waals surface area contributed by atoms with Crippen LogP contribution in [0.2, 0.25) is 0 Å². The average Bonchev–Trinajstić information content (AvgIpc) is 2.85. The fourth-order valence-corrected chi connectivity index (χ4v) is 3.56. The molecule has 0 unspecified atom stereocenters. The zero-order valence-corrected chi connectivity index (χ0v) is 11.9.